The molecule has 0 radical (unpaired) electrons. The Morgan fingerprint density at radius 1 is 1.05 bits per heavy atom. The van der Waals surface area contributed by atoms with E-state index in [2.05, 4.69) is 58.6 Å². The zero-order chi connectivity index (χ0) is 14.0. The van der Waals surface area contributed by atoms with Gasteiger partial charge >= 0.3 is 0 Å². The van der Waals surface area contributed by atoms with Gasteiger partial charge in [0.1, 0.15) is 0 Å². The highest BCUT2D eigenvalue weighted by Gasteiger charge is 1.99. The third-order valence-corrected chi connectivity index (χ3v) is 3.22. The molecule has 0 saturated carbocycles. The number of nitrogens with zero attached hydrogens (tertiary/aromatic N) is 2. The minimum absolute atomic E-state index is 0.850. The van der Waals surface area contributed by atoms with Gasteiger partial charge in [0.05, 0.1) is 5.69 Å². The van der Waals surface area contributed by atoms with Crippen LogP contribution in [0.5, 0.6) is 0 Å². The Kier molecular flexibility index (Phi) is 6.21. The van der Waals surface area contributed by atoms with E-state index in [-0.39, 0.29) is 0 Å². The molecule has 3 nitrogen and oxygen atoms in total. The molecule has 20 heavy (non-hydrogen) atoms. The average molecular weight is 269 g/mol. The summed E-state index contributed by atoms with van der Waals surface area (Å²) in [4.78, 5) is 6.65. The number of benzene rings is 1. The maximum absolute atomic E-state index is 4.29. The van der Waals surface area contributed by atoms with E-state index in [9.17, 15) is 0 Å². The Hall–Kier alpha value is -1.71. The summed E-state index contributed by atoms with van der Waals surface area (Å²) in [6, 6.07) is 16.6. The van der Waals surface area contributed by atoms with Gasteiger partial charge in [0.25, 0.3) is 0 Å². The van der Waals surface area contributed by atoms with E-state index in [4.69, 9.17) is 0 Å². The van der Waals surface area contributed by atoms with Crippen molar-refractivity contribution >= 4 is 0 Å². The van der Waals surface area contributed by atoms with Crippen molar-refractivity contribution in [3.05, 3.63) is 66.0 Å². The molecule has 1 aromatic carbocycles. The molecule has 0 aliphatic heterocycles. The Morgan fingerprint density at radius 3 is 2.60 bits per heavy atom. The van der Waals surface area contributed by atoms with Gasteiger partial charge in [-0.25, -0.2) is 0 Å². The molecule has 0 fully saturated rings. The summed E-state index contributed by atoms with van der Waals surface area (Å²) >= 11 is 0. The Morgan fingerprint density at radius 2 is 1.85 bits per heavy atom. The van der Waals surface area contributed by atoms with Crippen LogP contribution in [-0.2, 0) is 13.1 Å². The minimum atomic E-state index is 0.850. The molecule has 3 heteroatoms. The lowest BCUT2D eigenvalue weighted by molar-refractivity contribution is 0.319. The van der Waals surface area contributed by atoms with Crippen LogP contribution in [0.1, 0.15) is 17.7 Å². The van der Waals surface area contributed by atoms with E-state index in [1.807, 2.05) is 18.3 Å². The highest BCUT2D eigenvalue weighted by atomic mass is 15.1. The molecule has 0 amide bonds. The fourth-order valence-corrected chi connectivity index (χ4v) is 2.17. The summed E-state index contributed by atoms with van der Waals surface area (Å²) < 4.78 is 0. The van der Waals surface area contributed by atoms with E-state index in [0.29, 0.717) is 0 Å². The number of aromatic nitrogens is 1. The van der Waals surface area contributed by atoms with Gasteiger partial charge in [-0.05, 0) is 44.3 Å². The summed E-state index contributed by atoms with van der Waals surface area (Å²) in [5, 5.41) is 3.43. The third-order valence-electron chi connectivity index (χ3n) is 3.22. The van der Waals surface area contributed by atoms with Crippen LogP contribution < -0.4 is 5.32 Å². The molecular weight excluding hydrogens is 246 g/mol. The van der Waals surface area contributed by atoms with Crippen LogP contribution in [0.25, 0.3) is 0 Å². The summed E-state index contributed by atoms with van der Waals surface area (Å²) in [5.74, 6) is 0. The van der Waals surface area contributed by atoms with Crippen molar-refractivity contribution in [1.82, 2.24) is 15.2 Å². The monoisotopic (exact) mass is 269 g/mol. The lowest BCUT2D eigenvalue weighted by atomic mass is 10.2. The molecule has 0 saturated heterocycles. The van der Waals surface area contributed by atoms with Crippen molar-refractivity contribution < 1.29 is 0 Å². The van der Waals surface area contributed by atoms with E-state index >= 15 is 0 Å². The van der Waals surface area contributed by atoms with E-state index < -0.39 is 0 Å². The summed E-state index contributed by atoms with van der Waals surface area (Å²) in [6.07, 6.45) is 2.99. The molecule has 1 heterocycles. The Labute approximate surface area is 121 Å². The lowest BCUT2D eigenvalue weighted by Gasteiger charge is -2.16. The number of pyridine rings is 1. The molecule has 2 rings (SSSR count). The summed E-state index contributed by atoms with van der Waals surface area (Å²) in [7, 11) is 2.17. The number of hydrogen-bond donors (Lipinski definition) is 1. The molecule has 0 spiro atoms. The van der Waals surface area contributed by atoms with Gasteiger partial charge in [-0.15, -0.1) is 0 Å². The van der Waals surface area contributed by atoms with Gasteiger partial charge in [0.15, 0.2) is 0 Å². The fourth-order valence-electron chi connectivity index (χ4n) is 2.17. The fraction of sp³-hybridized carbons (Fsp3) is 0.353. The van der Waals surface area contributed by atoms with Crippen molar-refractivity contribution in [2.24, 2.45) is 0 Å². The SMILES string of the molecule is CN(CCCNCc1ccccn1)Cc1ccccc1. The first-order valence-corrected chi connectivity index (χ1v) is 7.18. The smallest absolute Gasteiger partial charge is 0.0541 e. The Balaban J connectivity index is 1.57. The van der Waals surface area contributed by atoms with Gasteiger partial charge in [-0.1, -0.05) is 36.4 Å². The van der Waals surface area contributed by atoms with Gasteiger partial charge < -0.3 is 10.2 Å². The van der Waals surface area contributed by atoms with Crippen molar-refractivity contribution in [3.8, 4) is 0 Å². The molecule has 2 aromatic rings. The molecular formula is C17H23N3. The maximum atomic E-state index is 4.29. The molecule has 0 aliphatic rings. The van der Waals surface area contributed by atoms with Crippen LogP contribution in [0.15, 0.2) is 54.7 Å². The predicted molar refractivity (Wildman–Crippen MR) is 83.3 cm³/mol. The highest BCUT2D eigenvalue weighted by Crippen LogP contribution is 2.02. The van der Waals surface area contributed by atoms with Crippen molar-refractivity contribution in [2.75, 3.05) is 20.1 Å². The normalized spacial score (nSPS) is 10.9. The highest BCUT2D eigenvalue weighted by molar-refractivity contribution is 5.14. The minimum Gasteiger partial charge on any atom is -0.311 e. The zero-order valence-electron chi connectivity index (χ0n) is 12.1. The largest absolute Gasteiger partial charge is 0.311 e. The van der Waals surface area contributed by atoms with Gasteiger partial charge in [-0.3, -0.25) is 4.98 Å². The van der Waals surface area contributed by atoms with Crippen molar-refractivity contribution in [2.45, 2.75) is 19.5 Å². The summed E-state index contributed by atoms with van der Waals surface area (Å²) in [6.45, 7) is 3.99. The quantitative estimate of drug-likeness (QED) is 0.747. The van der Waals surface area contributed by atoms with Crippen LogP contribution in [-0.4, -0.2) is 30.0 Å². The third kappa shape index (κ3) is 5.51. The molecule has 0 bridgehead atoms. The topological polar surface area (TPSA) is 28.2 Å². The molecule has 106 valence electrons. The first kappa shape index (κ1) is 14.7. The standard InChI is InChI=1S/C17H23N3/c1-20(15-16-8-3-2-4-9-16)13-7-11-18-14-17-10-5-6-12-19-17/h2-6,8-10,12,18H,7,11,13-15H2,1H3. The summed E-state index contributed by atoms with van der Waals surface area (Å²) in [5.41, 5.74) is 2.47. The molecule has 1 N–H and O–H groups in total. The van der Waals surface area contributed by atoms with Gasteiger partial charge in [0, 0.05) is 19.3 Å². The average Bonchev–Trinajstić information content (AvgIpc) is 2.49. The second kappa shape index (κ2) is 8.46. The van der Waals surface area contributed by atoms with Crippen LogP contribution in [0.4, 0.5) is 0 Å². The predicted octanol–water partition coefficient (Wildman–Crippen LogP) is 2.69. The van der Waals surface area contributed by atoms with Crippen LogP contribution in [0.3, 0.4) is 0 Å². The molecule has 1 aromatic heterocycles. The molecule has 0 unspecified atom stereocenters. The van der Waals surface area contributed by atoms with Crippen LogP contribution >= 0.6 is 0 Å². The Bertz CT molecular complexity index is 470. The van der Waals surface area contributed by atoms with Crippen molar-refractivity contribution in [3.63, 3.8) is 0 Å². The van der Waals surface area contributed by atoms with E-state index in [0.717, 1.165) is 38.3 Å². The number of rotatable bonds is 8. The number of hydrogen-bond acceptors (Lipinski definition) is 3. The number of nitrogens with one attached hydrogen (secondary N) is 1. The molecule has 0 atom stereocenters. The van der Waals surface area contributed by atoms with Crippen LogP contribution in [0, 0.1) is 0 Å². The second-order valence-electron chi connectivity index (χ2n) is 5.07. The van der Waals surface area contributed by atoms with E-state index in [1.54, 1.807) is 0 Å². The van der Waals surface area contributed by atoms with Gasteiger partial charge in [0.2, 0.25) is 0 Å². The first-order valence-electron chi connectivity index (χ1n) is 7.18. The first-order chi connectivity index (χ1) is 9.84. The second-order valence-corrected chi connectivity index (χ2v) is 5.07. The lowest BCUT2D eigenvalue weighted by Crippen LogP contribution is -2.23. The maximum Gasteiger partial charge on any atom is 0.0541 e. The zero-order valence-corrected chi connectivity index (χ0v) is 12.1. The van der Waals surface area contributed by atoms with Crippen molar-refractivity contribution in [1.29, 1.82) is 0 Å². The molecule has 0 aliphatic carbocycles. The van der Waals surface area contributed by atoms with E-state index in [1.165, 1.54) is 5.56 Å². The van der Waals surface area contributed by atoms with Crippen LogP contribution in [0.2, 0.25) is 0 Å². The van der Waals surface area contributed by atoms with Gasteiger partial charge in [-0.2, -0.15) is 0 Å².